The molecule has 0 saturated carbocycles. The molecule has 0 spiro atoms. The van der Waals surface area contributed by atoms with Crippen molar-refractivity contribution in [2.24, 2.45) is 0 Å². The van der Waals surface area contributed by atoms with Crippen LogP contribution in [0.5, 0.6) is 0 Å². The van der Waals surface area contributed by atoms with Crippen LogP contribution in [0.2, 0.25) is 0 Å². The van der Waals surface area contributed by atoms with Crippen LogP contribution in [0.15, 0.2) is 0 Å². The third kappa shape index (κ3) is 9.87. The molecule has 2 N–H and O–H groups in total. The summed E-state index contributed by atoms with van der Waals surface area (Å²) in [4.78, 5) is 0. The zero-order valence-electron chi connectivity index (χ0n) is 6.76. The summed E-state index contributed by atoms with van der Waals surface area (Å²) < 4.78 is 22.6. The molecular weight excluding hydrogens is 164 g/mol. The van der Waals surface area contributed by atoms with Crippen LogP contribution in [0.4, 0.5) is 0 Å². The first-order valence-electron chi connectivity index (χ1n) is 3.80. The average molecular weight is 179 g/mol. The molecule has 0 fully saturated rings. The van der Waals surface area contributed by atoms with Gasteiger partial charge < -0.3 is 0 Å². The van der Waals surface area contributed by atoms with E-state index in [-0.39, 0.29) is 0 Å². The highest BCUT2D eigenvalue weighted by Crippen LogP contribution is 1.96. The summed E-state index contributed by atoms with van der Waals surface area (Å²) in [5.74, 6) is 0. The Morgan fingerprint density at radius 2 is 1.91 bits per heavy atom. The molecule has 0 heterocycles. The highest BCUT2D eigenvalue weighted by atomic mass is 32.2. The molecule has 0 rings (SSSR count). The molecule has 0 aliphatic heterocycles. The highest BCUT2D eigenvalue weighted by Gasteiger charge is 1.98. The molecule has 0 aromatic rings. The predicted octanol–water partition coefficient (Wildman–Crippen LogP) is 0.684. The lowest BCUT2D eigenvalue weighted by molar-refractivity contribution is 0.574. The van der Waals surface area contributed by atoms with Crippen LogP contribution < -0.4 is 9.86 Å². The van der Waals surface area contributed by atoms with E-state index in [1.807, 2.05) is 0 Å². The van der Waals surface area contributed by atoms with Gasteiger partial charge in [0.1, 0.15) is 0 Å². The monoisotopic (exact) mass is 179 g/mol. The summed E-state index contributed by atoms with van der Waals surface area (Å²) in [7, 11) is -3.71. The third-order valence-corrected chi connectivity index (χ3v) is 1.91. The zero-order chi connectivity index (χ0) is 8.74. The fraction of sp³-hybridized carbons (Fsp3) is 1.00. The molecule has 67 valence electrons. The van der Waals surface area contributed by atoms with Gasteiger partial charge in [-0.2, -0.15) is 8.42 Å². The standard InChI is InChI=1S/C6H15N2O2S/c1-2-3-4-5-6-8-11(7,9)10/h7-8H,2-6H2,1H3. The van der Waals surface area contributed by atoms with Gasteiger partial charge in [-0.3, -0.25) is 0 Å². The van der Waals surface area contributed by atoms with Crippen LogP contribution in [0.1, 0.15) is 32.6 Å². The molecule has 0 bridgehead atoms. The van der Waals surface area contributed by atoms with Crippen molar-refractivity contribution in [3.8, 4) is 0 Å². The van der Waals surface area contributed by atoms with Gasteiger partial charge in [-0.05, 0) is 6.42 Å². The van der Waals surface area contributed by atoms with Crippen molar-refractivity contribution >= 4 is 10.2 Å². The Morgan fingerprint density at radius 3 is 2.36 bits per heavy atom. The predicted molar refractivity (Wildman–Crippen MR) is 44.2 cm³/mol. The number of nitrogens with one attached hydrogen (secondary N) is 2. The first kappa shape index (κ1) is 10.9. The van der Waals surface area contributed by atoms with E-state index in [0.717, 1.165) is 25.7 Å². The van der Waals surface area contributed by atoms with Crippen LogP contribution in [0.3, 0.4) is 0 Å². The topological polar surface area (TPSA) is 70.0 Å². The van der Waals surface area contributed by atoms with E-state index in [1.165, 1.54) is 0 Å². The lowest BCUT2D eigenvalue weighted by Crippen LogP contribution is -2.24. The highest BCUT2D eigenvalue weighted by molar-refractivity contribution is 7.86. The molecule has 5 heteroatoms. The van der Waals surface area contributed by atoms with Crippen molar-refractivity contribution in [2.45, 2.75) is 32.6 Å². The van der Waals surface area contributed by atoms with Crippen LogP contribution in [0.25, 0.3) is 0 Å². The molecule has 0 unspecified atom stereocenters. The smallest absolute Gasteiger partial charge is 0.201 e. The maximum atomic E-state index is 10.2. The van der Waals surface area contributed by atoms with E-state index < -0.39 is 10.2 Å². The number of unbranched alkanes of at least 4 members (excludes halogenated alkanes) is 3. The van der Waals surface area contributed by atoms with Gasteiger partial charge in [0.05, 0.1) is 0 Å². The van der Waals surface area contributed by atoms with Gasteiger partial charge in [-0.25, -0.2) is 4.72 Å². The molecule has 0 aliphatic carbocycles. The molecule has 0 aromatic carbocycles. The summed E-state index contributed by atoms with van der Waals surface area (Å²) in [6, 6.07) is 0. The summed E-state index contributed by atoms with van der Waals surface area (Å²) in [5.41, 5.74) is 0. The van der Waals surface area contributed by atoms with E-state index in [9.17, 15) is 8.42 Å². The fourth-order valence-corrected chi connectivity index (χ4v) is 1.17. The quantitative estimate of drug-likeness (QED) is 0.609. The lowest BCUT2D eigenvalue weighted by atomic mass is 10.2. The van der Waals surface area contributed by atoms with Gasteiger partial charge in [-0.15, -0.1) is 5.14 Å². The SMILES string of the molecule is CCCCCCNS([NH])(=O)=O. The van der Waals surface area contributed by atoms with E-state index in [2.05, 4.69) is 11.6 Å². The molecule has 0 aromatic heterocycles. The molecule has 0 amide bonds. The van der Waals surface area contributed by atoms with E-state index in [0.29, 0.717) is 6.54 Å². The largest absolute Gasteiger partial charge is 0.290 e. The summed E-state index contributed by atoms with van der Waals surface area (Å²) in [6.07, 6.45) is 4.11. The maximum Gasteiger partial charge on any atom is 0.290 e. The van der Waals surface area contributed by atoms with Gasteiger partial charge in [0.25, 0.3) is 10.2 Å². The molecule has 4 nitrogen and oxygen atoms in total. The third-order valence-electron chi connectivity index (χ3n) is 1.32. The Morgan fingerprint density at radius 1 is 1.27 bits per heavy atom. The lowest BCUT2D eigenvalue weighted by Gasteiger charge is -1.99. The van der Waals surface area contributed by atoms with E-state index in [4.69, 9.17) is 5.14 Å². The van der Waals surface area contributed by atoms with Crippen molar-refractivity contribution in [2.75, 3.05) is 6.54 Å². The van der Waals surface area contributed by atoms with Crippen molar-refractivity contribution < 1.29 is 8.42 Å². The van der Waals surface area contributed by atoms with Crippen molar-refractivity contribution in [1.29, 1.82) is 0 Å². The van der Waals surface area contributed by atoms with Gasteiger partial charge >= 0.3 is 0 Å². The molecule has 0 aliphatic rings. The van der Waals surface area contributed by atoms with Crippen molar-refractivity contribution in [1.82, 2.24) is 9.86 Å². The first-order chi connectivity index (χ1) is 5.06. The van der Waals surface area contributed by atoms with Gasteiger partial charge in [0.2, 0.25) is 0 Å². The second-order valence-corrected chi connectivity index (χ2v) is 3.75. The Hall–Kier alpha value is -0.130. The second-order valence-electron chi connectivity index (χ2n) is 2.46. The Labute approximate surface area is 68.3 Å². The van der Waals surface area contributed by atoms with Gasteiger partial charge in [0, 0.05) is 6.54 Å². The molecular formula is C6H15N2O2S. The number of hydrogen-bond donors (Lipinski definition) is 1. The summed E-state index contributed by atoms with van der Waals surface area (Å²) in [6.45, 7) is 2.49. The zero-order valence-corrected chi connectivity index (χ0v) is 7.58. The molecule has 1 radical (unpaired) electrons. The number of hydrogen-bond acceptors (Lipinski definition) is 2. The van der Waals surface area contributed by atoms with Gasteiger partial charge in [-0.1, -0.05) is 26.2 Å². The molecule has 0 atom stereocenters. The average Bonchev–Trinajstić information content (AvgIpc) is 1.85. The summed E-state index contributed by atoms with van der Waals surface area (Å²) >= 11 is 0. The molecule has 0 saturated heterocycles. The fourth-order valence-electron chi connectivity index (χ4n) is 0.758. The Kier molecular flexibility index (Phi) is 5.45. The van der Waals surface area contributed by atoms with Crippen LogP contribution in [0, 0.1) is 0 Å². The van der Waals surface area contributed by atoms with Crippen LogP contribution >= 0.6 is 0 Å². The van der Waals surface area contributed by atoms with Crippen LogP contribution in [-0.2, 0) is 10.2 Å². The minimum absolute atomic E-state index is 0.395. The second kappa shape index (κ2) is 5.51. The normalized spacial score (nSPS) is 11.8. The Bertz CT molecular complexity index is 177. The number of rotatable bonds is 6. The van der Waals surface area contributed by atoms with Gasteiger partial charge in [0.15, 0.2) is 0 Å². The van der Waals surface area contributed by atoms with Crippen molar-refractivity contribution in [3.63, 3.8) is 0 Å². The van der Waals surface area contributed by atoms with Crippen LogP contribution in [-0.4, -0.2) is 15.0 Å². The maximum absolute atomic E-state index is 10.2. The van der Waals surface area contributed by atoms with E-state index in [1.54, 1.807) is 0 Å². The summed E-state index contributed by atoms with van der Waals surface area (Å²) in [5, 5.41) is 6.47. The Balaban J connectivity index is 3.16. The minimum Gasteiger partial charge on any atom is -0.201 e. The van der Waals surface area contributed by atoms with Crippen molar-refractivity contribution in [3.05, 3.63) is 0 Å². The molecule has 11 heavy (non-hydrogen) atoms. The van der Waals surface area contributed by atoms with E-state index >= 15 is 0 Å². The minimum atomic E-state index is -3.71. The first-order valence-corrected chi connectivity index (χ1v) is 5.29.